The first-order chi connectivity index (χ1) is 14.6. The molecule has 0 radical (unpaired) electrons. The van der Waals surface area contributed by atoms with E-state index in [1.807, 2.05) is 43.4 Å². The van der Waals surface area contributed by atoms with E-state index >= 15 is 0 Å². The van der Waals surface area contributed by atoms with E-state index < -0.39 is 0 Å². The summed E-state index contributed by atoms with van der Waals surface area (Å²) >= 11 is 0. The van der Waals surface area contributed by atoms with Crippen molar-refractivity contribution < 1.29 is 13.9 Å². The summed E-state index contributed by atoms with van der Waals surface area (Å²) in [5, 5.41) is 4.01. The number of ether oxygens (including phenoxy) is 1. The smallest absolute Gasteiger partial charge is 0.197 e. The number of benzene rings is 2. The Labute approximate surface area is 179 Å². The Balaban J connectivity index is 2.06. The second-order valence-electron chi connectivity index (χ2n) is 7.61. The molecule has 30 heavy (non-hydrogen) atoms. The van der Waals surface area contributed by atoms with Crippen molar-refractivity contribution in [1.82, 2.24) is 5.32 Å². The summed E-state index contributed by atoms with van der Waals surface area (Å²) in [6, 6.07) is 11.8. The summed E-state index contributed by atoms with van der Waals surface area (Å²) in [6.07, 6.45) is 4.47. The van der Waals surface area contributed by atoms with Gasteiger partial charge in [0.2, 0.25) is 0 Å². The van der Waals surface area contributed by atoms with Gasteiger partial charge in [-0.2, -0.15) is 0 Å². The number of furan rings is 1. The molecule has 0 bridgehead atoms. The monoisotopic (exact) mass is 407 g/mol. The Hall–Kier alpha value is -2.59. The Bertz CT molecular complexity index is 978. The van der Waals surface area contributed by atoms with Crippen molar-refractivity contribution in [3.8, 4) is 5.75 Å². The highest BCUT2D eigenvalue weighted by Crippen LogP contribution is 2.32. The highest BCUT2D eigenvalue weighted by molar-refractivity contribution is 6.17. The highest BCUT2D eigenvalue weighted by atomic mass is 16.5. The van der Waals surface area contributed by atoms with Crippen LogP contribution in [0.3, 0.4) is 0 Å². The van der Waals surface area contributed by atoms with Gasteiger partial charge >= 0.3 is 0 Å². The number of para-hydroxylation sites is 1. The zero-order chi connectivity index (χ0) is 21.5. The molecule has 3 rings (SSSR count). The average Bonchev–Trinajstić information content (AvgIpc) is 3.15. The number of ketones is 1. The Morgan fingerprint density at radius 3 is 2.40 bits per heavy atom. The van der Waals surface area contributed by atoms with Gasteiger partial charge < -0.3 is 14.5 Å². The minimum absolute atomic E-state index is 0.0391. The highest BCUT2D eigenvalue weighted by Gasteiger charge is 2.23. The lowest BCUT2D eigenvalue weighted by Crippen LogP contribution is -2.17. The van der Waals surface area contributed by atoms with Gasteiger partial charge in [-0.25, -0.2) is 0 Å². The van der Waals surface area contributed by atoms with E-state index in [4.69, 9.17) is 9.15 Å². The lowest BCUT2D eigenvalue weighted by Gasteiger charge is -2.16. The molecule has 0 saturated carbocycles. The molecule has 0 unspecified atom stereocenters. The van der Waals surface area contributed by atoms with E-state index in [0.717, 1.165) is 72.3 Å². The predicted octanol–water partition coefficient (Wildman–Crippen LogP) is 5.73. The van der Waals surface area contributed by atoms with Crippen molar-refractivity contribution in [2.75, 3.05) is 20.2 Å². The largest absolute Gasteiger partial charge is 0.492 e. The number of fused-ring (bicyclic) bond motifs is 1. The molecule has 0 amide bonds. The maximum absolute atomic E-state index is 13.7. The Kier molecular flexibility index (Phi) is 7.69. The van der Waals surface area contributed by atoms with Crippen molar-refractivity contribution in [2.45, 2.75) is 52.9 Å². The van der Waals surface area contributed by atoms with Gasteiger partial charge in [0.1, 0.15) is 23.7 Å². The summed E-state index contributed by atoms with van der Waals surface area (Å²) in [6.45, 7) is 7.76. The summed E-state index contributed by atoms with van der Waals surface area (Å²) in [4.78, 5) is 13.7. The molecular weight excluding hydrogens is 374 g/mol. The number of carbonyl (C=O) groups is 1. The van der Waals surface area contributed by atoms with Crippen molar-refractivity contribution in [3.05, 3.63) is 64.4 Å². The lowest BCUT2D eigenvalue weighted by atomic mass is 9.93. The number of hydrogen-bond donors (Lipinski definition) is 1. The molecule has 1 heterocycles. The van der Waals surface area contributed by atoms with Crippen LogP contribution in [0.2, 0.25) is 0 Å². The minimum Gasteiger partial charge on any atom is -0.492 e. The first-order valence-electron chi connectivity index (χ1n) is 11.1. The predicted molar refractivity (Wildman–Crippen MR) is 123 cm³/mol. The molecule has 0 aliphatic heterocycles. The molecule has 0 fully saturated rings. The zero-order valence-electron chi connectivity index (χ0n) is 18.6. The van der Waals surface area contributed by atoms with E-state index in [9.17, 15) is 4.79 Å². The van der Waals surface area contributed by atoms with Crippen molar-refractivity contribution in [3.63, 3.8) is 0 Å². The third-order valence-corrected chi connectivity index (χ3v) is 5.52. The maximum Gasteiger partial charge on any atom is 0.197 e. The summed E-state index contributed by atoms with van der Waals surface area (Å²) in [5.41, 5.74) is 4.37. The van der Waals surface area contributed by atoms with Crippen LogP contribution in [0.5, 0.6) is 5.75 Å². The summed E-state index contributed by atoms with van der Waals surface area (Å²) in [7, 11) is 1.91. The van der Waals surface area contributed by atoms with Crippen molar-refractivity contribution >= 4 is 16.8 Å². The molecule has 4 heteroatoms. The number of aryl methyl sites for hydroxylation is 3. The van der Waals surface area contributed by atoms with E-state index in [0.29, 0.717) is 17.7 Å². The fourth-order valence-corrected chi connectivity index (χ4v) is 3.85. The number of carbonyl (C=O) groups excluding carboxylic acids is 1. The average molecular weight is 408 g/mol. The summed E-state index contributed by atoms with van der Waals surface area (Å²) in [5.74, 6) is 1.76. The van der Waals surface area contributed by atoms with Crippen LogP contribution in [0.4, 0.5) is 0 Å². The zero-order valence-corrected chi connectivity index (χ0v) is 18.6. The second kappa shape index (κ2) is 10.4. The van der Waals surface area contributed by atoms with E-state index in [-0.39, 0.29) is 5.78 Å². The van der Waals surface area contributed by atoms with Crippen LogP contribution < -0.4 is 10.1 Å². The number of unbranched alkanes of at least 4 members (excludes halogenated alkanes) is 1. The normalized spacial score (nSPS) is 11.2. The van der Waals surface area contributed by atoms with Crippen LogP contribution >= 0.6 is 0 Å². The number of rotatable bonds is 11. The number of nitrogens with one attached hydrogen (secondary N) is 1. The van der Waals surface area contributed by atoms with E-state index in [1.54, 1.807) is 0 Å². The van der Waals surface area contributed by atoms with E-state index in [1.165, 1.54) is 0 Å². The van der Waals surface area contributed by atoms with Gasteiger partial charge in [-0.3, -0.25) is 4.79 Å². The molecule has 3 aromatic rings. The number of hydrogen-bond acceptors (Lipinski definition) is 4. The maximum atomic E-state index is 13.7. The van der Waals surface area contributed by atoms with E-state index in [2.05, 4.69) is 26.1 Å². The van der Waals surface area contributed by atoms with Crippen LogP contribution in [0.15, 0.2) is 40.8 Å². The standard InChI is InChI=1S/C26H33NO3/c1-5-8-12-23-24(21-11-9-10-13-22(21)30-23)25(28)20-16-18(6-2)26(19(7-3)17-20)29-15-14-27-4/h9-11,13,16-17,27H,5-8,12,14-15H2,1-4H3. The van der Waals surface area contributed by atoms with Gasteiger partial charge in [0.05, 0.1) is 5.56 Å². The van der Waals surface area contributed by atoms with Crippen LogP contribution in [0.1, 0.15) is 66.4 Å². The van der Waals surface area contributed by atoms with Crippen LogP contribution in [0.25, 0.3) is 11.0 Å². The topological polar surface area (TPSA) is 51.5 Å². The molecule has 1 aromatic heterocycles. The number of likely N-dealkylation sites (N-methyl/N-ethyl adjacent to an activating group) is 1. The van der Waals surface area contributed by atoms with Crippen LogP contribution in [-0.2, 0) is 19.3 Å². The fourth-order valence-electron chi connectivity index (χ4n) is 3.85. The molecule has 0 aliphatic carbocycles. The Morgan fingerprint density at radius 2 is 1.77 bits per heavy atom. The molecule has 0 saturated heterocycles. The second-order valence-corrected chi connectivity index (χ2v) is 7.61. The van der Waals surface area contributed by atoms with Gasteiger partial charge in [0, 0.05) is 23.9 Å². The molecule has 0 atom stereocenters. The minimum atomic E-state index is 0.0391. The SMILES string of the molecule is CCCCc1oc2ccccc2c1C(=O)c1cc(CC)c(OCCNC)c(CC)c1. The molecule has 4 nitrogen and oxygen atoms in total. The third kappa shape index (κ3) is 4.59. The van der Waals surface area contributed by atoms with Gasteiger partial charge in [0.15, 0.2) is 5.78 Å². The van der Waals surface area contributed by atoms with Crippen molar-refractivity contribution in [2.24, 2.45) is 0 Å². The van der Waals surface area contributed by atoms with Gasteiger partial charge in [0.25, 0.3) is 0 Å². The van der Waals surface area contributed by atoms with Crippen LogP contribution in [-0.4, -0.2) is 26.0 Å². The molecule has 1 N–H and O–H groups in total. The first kappa shape index (κ1) is 22.1. The molecule has 160 valence electrons. The molecular formula is C26H33NO3. The quantitative estimate of drug-likeness (QED) is 0.326. The lowest BCUT2D eigenvalue weighted by molar-refractivity contribution is 0.103. The van der Waals surface area contributed by atoms with Crippen molar-refractivity contribution in [1.29, 1.82) is 0 Å². The van der Waals surface area contributed by atoms with Gasteiger partial charge in [-0.1, -0.05) is 45.4 Å². The molecule has 0 aliphatic rings. The molecule has 0 spiro atoms. The molecule has 2 aromatic carbocycles. The first-order valence-corrected chi connectivity index (χ1v) is 11.1. The van der Waals surface area contributed by atoms with Crippen LogP contribution in [0, 0.1) is 0 Å². The van der Waals surface area contributed by atoms with Gasteiger partial charge in [-0.05, 0) is 55.6 Å². The van der Waals surface area contributed by atoms with Gasteiger partial charge in [-0.15, -0.1) is 0 Å². The third-order valence-electron chi connectivity index (χ3n) is 5.52. The fraction of sp³-hybridized carbons (Fsp3) is 0.423. The Morgan fingerprint density at radius 1 is 1.07 bits per heavy atom. The summed E-state index contributed by atoms with van der Waals surface area (Å²) < 4.78 is 12.2.